The minimum absolute atomic E-state index is 0.173. The minimum Gasteiger partial charge on any atom is -0.493 e. The van der Waals surface area contributed by atoms with Crippen molar-refractivity contribution in [3.63, 3.8) is 0 Å². The molecule has 0 radical (unpaired) electrons. The van der Waals surface area contributed by atoms with Gasteiger partial charge < -0.3 is 14.4 Å². The Kier molecular flexibility index (Phi) is 5.56. The van der Waals surface area contributed by atoms with Crippen molar-refractivity contribution < 1.29 is 13.9 Å². The first-order valence-electron chi connectivity index (χ1n) is 10.0. The summed E-state index contributed by atoms with van der Waals surface area (Å²) in [4.78, 5) is 5.07. The summed E-state index contributed by atoms with van der Waals surface area (Å²) in [5.74, 6) is 1.79. The number of hydrogen-bond donors (Lipinski definition) is 0. The number of likely N-dealkylation sites (tertiary alicyclic amines) is 2. The van der Waals surface area contributed by atoms with E-state index in [9.17, 15) is 4.39 Å². The van der Waals surface area contributed by atoms with Gasteiger partial charge in [0, 0.05) is 36.7 Å². The summed E-state index contributed by atoms with van der Waals surface area (Å²) in [6, 6.07) is 14.1. The van der Waals surface area contributed by atoms with Crippen LogP contribution >= 0.6 is 0 Å². The number of halogens is 1. The molecule has 4 nitrogen and oxygen atoms in total. The molecule has 0 aromatic heterocycles. The molecule has 3 atom stereocenters. The quantitative estimate of drug-likeness (QED) is 0.781. The lowest BCUT2D eigenvalue weighted by Crippen LogP contribution is -2.49. The SMILES string of the molecule is COc1cccc(CN2C[C@H](c3ccc(F)cc3)[C@@H]3[C@H]2CCCN3C)c1OC. The van der Waals surface area contributed by atoms with Crippen LogP contribution < -0.4 is 9.47 Å². The van der Waals surface area contributed by atoms with Gasteiger partial charge in [0.05, 0.1) is 14.2 Å². The van der Waals surface area contributed by atoms with Gasteiger partial charge in [0.15, 0.2) is 11.5 Å². The topological polar surface area (TPSA) is 24.9 Å². The monoisotopic (exact) mass is 384 g/mol. The Morgan fingerprint density at radius 3 is 2.57 bits per heavy atom. The number of hydrogen-bond acceptors (Lipinski definition) is 4. The third-order valence-electron chi connectivity index (χ3n) is 6.38. The Hall–Kier alpha value is -2.11. The van der Waals surface area contributed by atoms with Gasteiger partial charge in [-0.25, -0.2) is 4.39 Å². The average Bonchev–Trinajstić information content (AvgIpc) is 3.08. The van der Waals surface area contributed by atoms with E-state index >= 15 is 0 Å². The number of likely N-dealkylation sites (N-methyl/N-ethyl adjacent to an activating group) is 1. The summed E-state index contributed by atoms with van der Waals surface area (Å²) >= 11 is 0. The molecule has 0 saturated carbocycles. The van der Waals surface area contributed by atoms with Crippen LogP contribution in [0.15, 0.2) is 42.5 Å². The maximum Gasteiger partial charge on any atom is 0.165 e. The van der Waals surface area contributed by atoms with Crippen LogP contribution in [-0.2, 0) is 6.54 Å². The van der Waals surface area contributed by atoms with E-state index in [4.69, 9.17) is 9.47 Å². The van der Waals surface area contributed by atoms with Gasteiger partial charge in [0.1, 0.15) is 5.82 Å². The zero-order valence-corrected chi connectivity index (χ0v) is 16.9. The van der Waals surface area contributed by atoms with E-state index in [2.05, 4.69) is 22.9 Å². The molecule has 0 bridgehead atoms. The molecule has 5 heteroatoms. The molecular formula is C23H29FN2O2. The van der Waals surface area contributed by atoms with E-state index in [0.29, 0.717) is 18.0 Å². The number of benzene rings is 2. The normalized spacial score (nSPS) is 25.5. The highest BCUT2D eigenvalue weighted by atomic mass is 19.1. The predicted molar refractivity (Wildman–Crippen MR) is 109 cm³/mol. The number of methoxy groups -OCH3 is 2. The van der Waals surface area contributed by atoms with Crippen LogP contribution in [0.4, 0.5) is 4.39 Å². The summed E-state index contributed by atoms with van der Waals surface area (Å²) in [5.41, 5.74) is 2.37. The molecule has 2 aromatic carbocycles. The summed E-state index contributed by atoms with van der Waals surface area (Å²) in [6.07, 6.45) is 2.40. The van der Waals surface area contributed by atoms with Gasteiger partial charge in [-0.15, -0.1) is 0 Å². The molecule has 2 aromatic rings. The van der Waals surface area contributed by atoms with Gasteiger partial charge >= 0.3 is 0 Å². The molecule has 0 aliphatic carbocycles. The smallest absolute Gasteiger partial charge is 0.165 e. The van der Waals surface area contributed by atoms with Crippen molar-refractivity contribution in [1.82, 2.24) is 9.80 Å². The van der Waals surface area contributed by atoms with Crippen LogP contribution in [0.3, 0.4) is 0 Å². The molecule has 2 aliphatic rings. The van der Waals surface area contributed by atoms with Crippen LogP contribution in [0, 0.1) is 5.82 Å². The van der Waals surface area contributed by atoms with Crippen molar-refractivity contribution in [3.05, 3.63) is 59.4 Å². The van der Waals surface area contributed by atoms with Crippen LogP contribution in [0.1, 0.15) is 29.9 Å². The number of para-hydroxylation sites is 1. The second-order valence-electron chi connectivity index (χ2n) is 7.92. The van der Waals surface area contributed by atoms with E-state index in [1.54, 1.807) is 26.4 Å². The van der Waals surface area contributed by atoms with Gasteiger partial charge in [0.2, 0.25) is 0 Å². The Labute approximate surface area is 166 Å². The number of rotatable bonds is 5. The largest absolute Gasteiger partial charge is 0.493 e. The molecule has 4 rings (SSSR count). The van der Waals surface area contributed by atoms with Crippen molar-refractivity contribution in [2.75, 3.05) is 34.4 Å². The predicted octanol–water partition coefficient (Wildman–Crippen LogP) is 3.91. The van der Waals surface area contributed by atoms with Gasteiger partial charge in [-0.05, 0) is 50.2 Å². The second kappa shape index (κ2) is 8.10. The lowest BCUT2D eigenvalue weighted by Gasteiger charge is -2.39. The first kappa shape index (κ1) is 19.2. The van der Waals surface area contributed by atoms with Crippen molar-refractivity contribution in [1.29, 1.82) is 0 Å². The van der Waals surface area contributed by atoms with E-state index in [0.717, 1.165) is 36.7 Å². The Morgan fingerprint density at radius 2 is 1.86 bits per heavy atom. The second-order valence-corrected chi connectivity index (χ2v) is 7.92. The van der Waals surface area contributed by atoms with Crippen LogP contribution in [0.5, 0.6) is 11.5 Å². The van der Waals surface area contributed by atoms with E-state index in [1.807, 2.05) is 24.3 Å². The highest BCUT2D eigenvalue weighted by Crippen LogP contribution is 2.41. The molecule has 0 unspecified atom stereocenters. The molecule has 0 N–H and O–H groups in total. The average molecular weight is 384 g/mol. The Morgan fingerprint density at radius 1 is 1.07 bits per heavy atom. The standard InChI is InChI=1S/C23H29FN2O2/c1-25-13-5-7-20-22(25)19(16-9-11-18(24)12-10-16)15-26(20)14-17-6-4-8-21(27-2)23(17)28-3/h4,6,8-12,19-20,22H,5,7,13-15H2,1-3H3/t19-,20-,22-/m1/s1. The molecule has 2 fully saturated rings. The van der Waals surface area contributed by atoms with Crippen LogP contribution in [0.2, 0.25) is 0 Å². The maximum absolute atomic E-state index is 13.5. The third kappa shape index (κ3) is 3.49. The number of piperidine rings is 1. The van der Waals surface area contributed by atoms with Gasteiger partial charge in [-0.3, -0.25) is 4.90 Å². The zero-order valence-electron chi connectivity index (χ0n) is 16.9. The fourth-order valence-electron chi connectivity index (χ4n) is 5.12. The molecule has 2 aliphatic heterocycles. The van der Waals surface area contributed by atoms with Gasteiger partial charge in [-0.1, -0.05) is 24.3 Å². The Balaban J connectivity index is 1.64. The molecule has 28 heavy (non-hydrogen) atoms. The first-order valence-corrected chi connectivity index (χ1v) is 10.0. The first-order chi connectivity index (χ1) is 13.6. The van der Waals surface area contributed by atoms with Gasteiger partial charge in [-0.2, -0.15) is 0 Å². The van der Waals surface area contributed by atoms with E-state index < -0.39 is 0 Å². The van der Waals surface area contributed by atoms with Crippen molar-refractivity contribution in [2.24, 2.45) is 0 Å². The minimum atomic E-state index is -0.173. The molecular weight excluding hydrogens is 355 g/mol. The van der Waals surface area contributed by atoms with Gasteiger partial charge in [0.25, 0.3) is 0 Å². The summed E-state index contributed by atoms with van der Waals surface area (Å²) in [6.45, 7) is 2.91. The number of fused-ring (bicyclic) bond motifs is 1. The highest BCUT2D eigenvalue weighted by Gasteiger charge is 2.45. The Bertz CT molecular complexity index is 811. The lowest BCUT2D eigenvalue weighted by molar-refractivity contribution is 0.108. The van der Waals surface area contributed by atoms with Crippen LogP contribution in [0.25, 0.3) is 0 Å². The zero-order chi connectivity index (χ0) is 19.7. The molecule has 2 heterocycles. The molecule has 0 amide bonds. The number of nitrogens with zero attached hydrogens (tertiary/aromatic N) is 2. The molecule has 150 valence electrons. The third-order valence-corrected chi connectivity index (χ3v) is 6.38. The van der Waals surface area contributed by atoms with E-state index in [-0.39, 0.29) is 5.82 Å². The fourth-order valence-corrected chi connectivity index (χ4v) is 5.12. The number of ether oxygens (including phenoxy) is 2. The van der Waals surface area contributed by atoms with Crippen molar-refractivity contribution in [3.8, 4) is 11.5 Å². The van der Waals surface area contributed by atoms with Crippen LogP contribution in [-0.4, -0.2) is 56.2 Å². The molecule has 0 spiro atoms. The summed E-state index contributed by atoms with van der Waals surface area (Å²) in [5, 5.41) is 0. The molecule has 2 saturated heterocycles. The van der Waals surface area contributed by atoms with Crippen molar-refractivity contribution >= 4 is 0 Å². The summed E-state index contributed by atoms with van der Waals surface area (Å²) < 4.78 is 24.6. The van der Waals surface area contributed by atoms with E-state index in [1.165, 1.54) is 18.4 Å². The lowest BCUT2D eigenvalue weighted by atomic mass is 9.86. The highest BCUT2D eigenvalue weighted by molar-refractivity contribution is 5.46. The fraction of sp³-hybridized carbons (Fsp3) is 0.478. The van der Waals surface area contributed by atoms with Crippen molar-refractivity contribution in [2.45, 2.75) is 37.4 Å². The maximum atomic E-state index is 13.5. The summed E-state index contributed by atoms with van der Waals surface area (Å²) in [7, 11) is 5.60.